The molecule has 1 atom stereocenters. The van der Waals surface area contributed by atoms with Gasteiger partial charge in [-0.3, -0.25) is 14.7 Å². The molecule has 1 aliphatic rings. The smallest absolute Gasteiger partial charge is 0.410 e. The van der Waals surface area contributed by atoms with Crippen molar-refractivity contribution in [3.63, 3.8) is 0 Å². The number of aromatic nitrogens is 1. The van der Waals surface area contributed by atoms with Crippen LogP contribution in [0.4, 0.5) is 4.79 Å². The van der Waals surface area contributed by atoms with Gasteiger partial charge in [0.1, 0.15) is 5.60 Å². The maximum absolute atomic E-state index is 12.8. The fraction of sp³-hybridized carbons (Fsp3) is 0.480. The van der Waals surface area contributed by atoms with Gasteiger partial charge in [-0.15, -0.1) is 0 Å². The van der Waals surface area contributed by atoms with Crippen LogP contribution in [0.15, 0.2) is 41.4 Å². The summed E-state index contributed by atoms with van der Waals surface area (Å²) in [4.78, 5) is 31.2. The highest BCUT2D eigenvalue weighted by atomic mass is 32.2. The Labute approximate surface area is 207 Å². The number of aliphatic hydroxyl groups excluding tert-OH is 1. The molecule has 9 nitrogen and oxygen atoms in total. The Morgan fingerprint density at radius 1 is 1.17 bits per heavy atom. The Balaban J connectivity index is 0.00000210. The van der Waals surface area contributed by atoms with Crippen molar-refractivity contribution in [2.24, 2.45) is 0 Å². The van der Waals surface area contributed by atoms with Crippen LogP contribution < -0.4 is 5.32 Å². The minimum absolute atomic E-state index is 0.0107. The van der Waals surface area contributed by atoms with Crippen LogP contribution >= 0.6 is 0 Å². The van der Waals surface area contributed by atoms with E-state index in [1.807, 2.05) is 13.8 Å². The highest BCUT2D eigenvalue weighted by molar-refractivity contribution is 7.91. The van der Waals surface area contributed by atoms with Gasteiger partial charge in [0.05, 0.1) is 47.6 Å². The summed E-state index contributed by atoms with van der Waals surface area (Å²) in [6.45, 7) is 11.2. The number of amides is 2. The van der Waals surface area contributed by atoms with Crippen LogP contribution in [-0.4, -0.2) is 53.4 Å². The third kappa shape index (κ3) is 7.25. The summed E-state index contributed by atoms with van der Waals surface area (Å²) in [6, 6.07) is 7.03. The van der Waals surface area contributed by atoms with Crippen molar-refractivity contribution in [2.75, 3.05) is 12.4 Å². The second kappa shape index (κ2) is 11.6. The molecule has 3 rings (SSSR count). The van der Waals surface area contributed by atoms with Crippen molar-refractivity contribution < 1.29 is 27.9 Å². The Hall–Kier alpha value is -2.98. The van der Waals surface area contributed by atoms with Gasteiger partial charge in [-0.25, -0.2) is 13.2 Å². The normalized spacial score (nSPS) is 13.9. The summed E-state index contributed by atoms with van der Waals surface area (Å²) in [5.41, 5.74) is 1.71. The summed E-state index contributed by atoms with van der Waals surface area (Å²) in [5, 5.41) is 12.5. The number of aliphatic hydroxyl groups is 1. The van der Waals surface area contributed by atoms with Crippen molar-refractivity contribution in [1.29, 1.82) is 0 Å². The first-order valence-electron chi connectivity index (χ1n) is 11.6. The Morgan fingerprint density at radius 3 is 2.34 bits per heavy atom. The fourth-order valence-corrected chi connectivity index (χ4v) is 4.27. The van der Waals surface area contributed by atoms with E-state index in [-0.39, 0.29) is 23.8 Å². The van der Waals surface area contributed by atoms with Gasteiger partial charge in [0, 0.05) is 6.20 Å². The monoisotopic (exact) mass is 505 g/mol. The molecule has 0 fully saturated rings. The lowest BCUT2D eigenvalue weighted by Gasteiger charge is -2.23. The van der Waals surface area contributed by atoms with E-state index in [1.54, 1.807) is 45.9 Å². The molecule has 35 heavy (non-hydrogen) atoms. The molecule has 0 aliphatic carbocycles. The molecule has 1 aromatic heterocycles. The zero-order valence-electron chi connectivity index (χ0n) is 21.2. The van der Waals surface area contributed by atoms with Gasteiger partial charge in [0.15, 0.2) is 9.84 Å². The third-order valence-electron chi connectivity index (χ3n) is 5.19. The molecular formula is C25H35N3O6S. The van der Waals surface area contributed by atoms with E-state index in [0.29, 0.717) is 23.4 Å². The first-order chi connectivity index (χ1) is 16.4. The predicted octanol–water partition coefficient (Wildman–Crippen LogP) is 3.62. The zero-order chi connectivity index (χ0) is 26.4. The minimum atomic E-state index is -3.34. The van der Waals surface area contributed by atoms with Gasteiger partial charge >= 0.3 is 6.09 Å². The molecule has 0 saturated heterocycles. The van der Waals surface area contributed by atoms with Gasteiger partial charge in [0.2, 0.25) is 0 Å². The number of hydrogen-bond acceptors (Lipinski definition) is 7. The molecule has 1 aliphatic heterocycles. The largest absolute Gasteiger partial charge is 0.444 e. The van der Waals surface area contributed by atoms with E-state index in [9.17, 15) is 23.1 Å². The van der Waals surface area contributed by atoms with Crippen molar-refractivity contribution in [3.05, 3.63) is 58.9 Å². The molecule has 192 valence electrons. The van der Waals surface area contributed by atoms with Crippen LogP contribution in [-0.2, 0) is 27.7 Å². The van der Waals surface area contributed by atoms with E-state index in [4.69, 9.17) is 4.74 Å². The lowest BCUT2D eigenvalue weighted by Crippen LogP contribution is -2.33. The summed E-state index contributed by atoms with van der Waals surface area (Å²) in [5.74, 6) is -0.450. The maximum atomic E-state index is 12.8. The zero-order valence-corrected chi connectivity index (χ0v) is 22.0. The molecule has 10 heteroatoms. The molecule has 2 amide bonds. The van der Waals surface area contributed by atoms with Gasteiger partial charge < -0.3 is 15.2 Å². The summed E-state index contributed by atoms with van der Waals surface area (Å²) >= 11 is 0. The van der Waals surface area contributed by atoms with Gasteiger partial charge in [-0.1, -0.05) is 32.9 Å². The predicted molar refractivity (Wildman–Crippen MR) is 133 cm³/mol. The average molecular weight is 506 g/mol. The highest BCUT2D eigenvalue weighted by Gasteiger charge is 2.29. The van der Waals surface area contributed by atoms with E-state index < -0.39 is 33.5 Å². The van der Waals surface area contributed by atoms with Crippen molar-refractivity contribution in [1.82, 2.24) is 15.2 Å². The average Bonchev–Trinajstić information content (AvgIpc) is 3.26. The first-order valence-corrected chi connectivity index (χ1v) is 13.3. The number of benzene rings is 1. The molecule has 2 heterocycles. The molecule has 0 saturated carbocycles. The lowest BCUT2D eigenvalue weighted by molar-refractivity contribution is 0.0240. The van der Waals surface area contributed by atoms with Crippen molar-refractivity contribution in [3.8, 4) is 0 Å². The number of nitrogens with one attached hydrogen (secondary N) is 1. The summed E-state index contributed by atoms with van der Waals surface area (Å²) < 4.78 is 29.4. The SMILES string of the molecule is CC.CCS(=O)(=O)c1ccc(C(CO)NC(=O)c2cnc3c(c2)CN(C(=O)OC(C)(C)C)C3)cc1. The topological polar surface area (TPSA) is 126 Å². The van der Waals surface area contributed by atoms with Crippen LogP contribution in [0.25, 0.3) is 0 Å². The van der Waals surface area contributed by atoms with Crippen LogP contribution in [0.3, 0.4) is 0 Å². The summed E-state index contributed by atoms with van der Waals surface area (Å²) in [6.07, 6.45) is 0.985. The quantitative estimate of drug-likeness (QED) is 0.614. The summed E-state index contributed by atoms with van der Waals surface area (Å²) in [7, 11) is -3.34. The van der Waals surface area contributed by atoms with Crippen LogP contribution in [0, 0.1) is 0 Å². The van der Waals surface area contributed by atoms with E-state index in [2.05, 4.69) is 10.3 Å². The Morgan fingerprint density at radius 2 is 1.80 bits per heavy atom. The van der Waals surface area contributed by atoms with Crippen LogP contribution in [0.5, 0.6) is 0 Å². The van der Waals surface area contributed by atoms with Crippen LogP contribution in [0.1, 0.15) is 74.8 Å². The van der Waals surface area contributed by atoms with Crippen molar-refractivity contribution >= 4 is 21.8 Å². The number of ether oxygens (including phenoxy) is 1. The van der Waals surface area contributed by atoms with E-state index in [1.165, 1.54) is 23.2 Å². The number of rotatable bonds is 6. The maximum Gasteiger partial charge on any atom is 0.410 e. The molecule has 0 bridgehead atoms. The number of pyridine rings is 1. The molecule has 2 N–H and O–H groups in total. The Bertz CT molecular complexity index is 1140. The molecule has 1 aromatic carbocycles. The number of carbonyl (C=O) groups excluding carboxylic acids is 2. The number of nitrogens with zero attached hydrogens (tertiary/aromatic N) is 2. The third-order valence-corrected chi connectivity index (χ3v) is 6.94. The number of hydrogen-bond donors (Lipinski definition) is 2. The second-order valence-corrected chi connectivity index (χ2v) is 11.1. The molecule has 1 unspecified atom stereocenters. The number of carbonyl (C=O) groups is 2. The molecular weight excluding hydrogens is 470 g/mol. The van der Waals surface area contributed by atoms with E-state index >= 15 is 0 Å². The van der Waals surface area contributed by atoms with Crippen molar-refractivity contribution in [2.45, 2.75) is 71.2 Å². The van der Waals surface area contributed by atoms with Crippen LogP contribution in [0.2, 0.25) is 0 Å². The molecule has 2 aromatic rings. The molecule has 0 radical (unpaired) electrons. The van der Waals surface area contributed by atoms with E-state index in [0.717, 1.165) is 5.56 Å². The fourth-order valence-electron chi connectivity index (χ4n) is 3.39. The highest BCUT2D eigenvalue weighted by Crippen LogP contribution is 2.24. The number of fused-ring (bicyclic) bond motifs is 1. The number of sulfone groups is 1. The van der Waals surface area contributed by atoms with Gasteiger partial charge in [0.25, 0.3) is 5.91 Å². The van der Waals surface area contributed by atoms with Gasteiger partial charge in [-0.2, -0.15) is 0 Å². The second-order valence-electron chi connectivity index (χ2n) is 8.85. The standard InChI is InChI=1S/C23H29N3O6S.C2H6/c1-5-33(30,31)18-8-6-15(7-9-18)20(14-27)25-21(28)16-10-17-12-26(13-19(17)24-11-16)22(29)32-23(2,3)4;1-2/h6-11,20,27H,5,12-14H2,1-4H3,(H,25,28);1-2H3. The molecule has 0 spiro atoms. The Kier molecular flexibility index (Phi) is 9.39. The van der Waals surface area contributed by atoms with Gasteiger partial charge in [-0.05, 0) is 50.1 Å². The first kappa shape index (κ1) is 28.3. The minimum Gasteiger partial charge on any atom is -0.444 e. The lowest BCUT2D eigenvalue weighted by atomic mass is 10.1.